The smallest absolute Gasteiger partial charge is 0.407 e. The summed E-state index contributed by atoms with van der Waals surface area (Å²) in [5.41, 5.74) is 0.340. The van der Waals surface area contributed by atoms with Crippen molar-refractivity contribution in [2.45, 2.75) is 39.3 Å². The van der Waals surface area contributed by atoms with Crippen molar-refractivity contribution in [2.24, 2.45) is 0 Å². The van der Waals surface area contributed by atoms with Crippen LogP contribution in [0.25, 0.3) is 0 Å². The number of carbonyl (C=O) groups is 1. The van der Waals surface area contributed by atoms with E-state index in [1.807, 2.05) is 39.8 Å². The second kappa shape index (κ2) is 8.89. The zero-order chi connectivity index (χ0) is 17.5. The lowest BCUT2D eigenvalue weighted by Crippen LogP contribution is -2.32. The van der Waals surface area contributed by atoms with Crippen molar-refractivity contribution in [3.8, 4) is 0 Å². The quantitative estimate of drug-likeness (QED) is 0.761. The van der Waals surface area contributed by atoms with Gasteiger partial charge in [0, 0.05) is 24.2 Å². The van der Waals surface area contributed by atoms with Crippen molar-refractivity contribution >= 4 is 17.7 Å². The van der Waals surface area contributed by atoms with E-state index in [-0.39, 0.29) is 11.9 Å². The maximum absolute atomic E-state index is 13.0. The van der Waals surface area contributed by atoms with Crippen LogP contribution < -0.4 is 10.6 Å². The van der Waals surface area contributed by atoms with Crippen LogP contribution in [0.3, 0.4) is 0 Å². The Kier molecular flexibility index (Phi) is 7.52. The van der Waals surface area contributed by atoms with Crippen molar-refractivity contribution in [1.82, 2.24) is 10.6 Å². The lowest BCUT2D eigenvalue weighted by atomic mass is 10.1. The number of benzene rings is 1. The van der Waals surface area contributed by atoms with Gasteiger partial charge in [0.1, 0.15) is 11.4 Å². The van der Waals surface area contributed by atoms with E-state index >= 15 is 0 Å². The maximum Gasteiger partial charge on any atom is 0.407 e. The second-order valence-electron chi connectivity index (χ2n) is 6.15. The topological polar surface area (TPSA) is 50.4 Å². The maximum atomic E-state index is 13.0. The Morgan fingerprint density at radius 3 is 2.61 bits per heavy atom. The molecule has 1 atom stereocenters. The molecule has 0 aliphatic rings. The molecule has 1 amide bonds. The van der Waals surface area contributed by atoms with E-state index in [9.17, 15) is 9.18 Å². The highest BCUT2D eigenvalue weighted by Crippen LogP contribution is 2.23. The molecule has 1 unspecified atom stereocenters. The summed E-state index contributed by atoms with van der Waals surface area (Å²) in [5.74, 6) is -0.348. The number of nitrogens with one attached hydrogen (secondary N) is 2. The fourth-order valence-corrected chi connectivity index (χ4v) is 2.16. The van der Waals surface area contributed by atoms with Gasteiger partial charge in [-0.05, 0) is 45.4 Å². The van der Waals surface area contributed by atoms with Crippen molar-refractivity contribution in [2.75, 3.05) is 13.1 Å². The van der Waals surface area contributed by atoms with E-state index in [4.69, 9.17) is 16.3 Å². The number of rotatable bonds is 6. The molecule has 23 heavy (non-hydrogen) atoms. The molecule has 0 aliphatic heterocycles. The number of halogens is 2. The first kappa shape index (κ1) is 19.5. The SMILES string of the molecule is CC(NC/C=C/CNC(=O)OC(C)(C)C)c1ccc(F)cc1Cl. The van der Waals surface area contributed by atoms with Gasteiger partial charge in [-0.3, -0.25) is 0 Å². The van der Waals surface area contributed by atoms with E-state index in [1.54, 1.807) is 6.07 Å². The predicted octanol–water partition coefficient (Wildman–Crippen LogP) is 4.21. The minimum absolute atomic E-state index is 0.00781. The average Bonchev–Trinajstić information content (AvgIpc) is 2.40. The zero-order valence-electron chi connectivity index (χ0n) is 14.0. The first-order valence-corrected chi connectivity index (χ1v) is 7.87. The average molecular weight is 343 g/mol. The van der Waals surface area contributed by atoms with E-state index in [1.165, 1.54) is 12.1 Å². The first-order chi connectivity index (χ1) is 10.7. The largest absolute Gasteiger partial charge is 0.444 e. The van der Waals surface area contributed by atoms with Crippen molar-refractivity contribution in [3.05, 3.63) is 46.8 Å². The number of amides is 1. The fourth-order valence-electron chi connectivity index (χ4n) is 1.83. The molecular formula is C17H24ClFN2O2. The van der Waals surface area contributed by atoms with Crippen LogP contribution in [0.15, 0.2) is 30.4 Å². The van der Waals surface area contributed by atoms with Crippen LogP contribution in [0.1, 0.15) is 39.3 Å². The third-order valence-corrected chi connectivity index (χ3v) is 3.23. The summed E-state index contributed by atoms with van der Waals surface area (Å²) < 4.78 is 18.1. The third-order valence-electron chi connectivity index (χ3n) is 2.90. The fraction of sp³-hybridized carbons (Fsp3) is 0.471. The highest BCUT2D eigenvalue weighted by atomic mass is 35.5. The summed E-state index contributed by atoms with van der Waals surface area (Å²) in [6, 6.07) is 4.35. The summed E-state index contributed by atoms with van der Waals surface area (Å²) in [5, 5.41) is 6.29. The zero-order valence-corrected chi connectivity index (χ0v) is 14.7. The number of alkyl carbamates (subject to hydrolysis) is 1. The lowest BCUT2D eigenvalue weighted by Gasteiger charge is -2.19. The van der Waals surface area contributed by atoms with Crippen molar-refractivity contribution in [3.63, 3.8) is 0 Å². The van der Waals surface area contributed by atoms with Gasteiger partial charge >= 0.3 is 6.09 Å². The summed E-state index contributed by atoms with van der Waals surface area (Å²) in [4.78, 5) is 11.4. The van der Waals surface area contributed by atoms with Crippen molar-refractivity contribution < 1.29 is 13.9 Å². The monoisotopic (exact) mass is 342 g/mol. The molecule has 0 saturated carbocycles. The van der Waals surface area contributed by atoms with Crippen LogP contribution in [-0.4, -0.2) is 24.8 Å². The number of carbonyl (C=O) groups excluding carboxylic acids is 1. The van der Waals surface area contributed by atoms with Gasteiger partial charge in [-0.25, -0.2) is 9.18 Å². The second-order valence-corrected chi connectivity index (χ2v) is 6.56. The van der Waals surface area contributed by atoms with E-state index in [2.05, 4.69) is 10.6 Å². The Hall–Kier alpha value is -1.59. The molecule has 4 nitrogen and oxygen atoms in total. The molecule has 1 aromatic carbocycles. The van der Waals surface area contributed by atoms with E-state index in [0.29, 0.717) is 18.1 Å². The van der Waals surface area contributed by atoms with Crippen molar-refractivity contribution in [1.29, 1.82) is 0 Å². The molecule has 0 spiro atoms. The summed E-state index contributed by atoms with van der Waals surface area (Å²) in [6.07, 6.45) is 3.28. The molecule has 0 radical (unpaired) electrons. The summed E-state index contributed by atoms with van der Waals surface area (Å²) in [7, 11) is 0. The normalized spacial score (nSPS) is 13.1. The molecule has 1 rings (SSSR count). The van der Waals surface area contributed by atoms with Crippen LogP contribution in [0.5, 0.6) is 0 Å². The molecule has 2 N–H and O–H groups in total. The van der Waals surface area contributed by atoms with E-state index in [0.717, 1.165) is 5.56 Å². The predicted molar refractivity (Wildman–Crippen MR) is 91.2 cm³/mol. The highest BCUT2D eigenvalue weighted by Gasteiger charge is 2.15. The van der Waals surface area contributed by atoms with Gasteiger partial charge < -0.3 is 15.4 Å². The van der Waals surface area contributed by atoms with Gasteiger partial charge in [0.15, 0.2) is 0 Å². The lowest BCUT2D eigenvalue weighted by molar-refractivity contribution is 0.0534. The van der Waals surface area contributed by atoms with Crippen LogP contribution in [0.2, 0.25) is 5.02 Å². The minimum atomic E-state index is -0.501. The van der Waals surface area contributed by atoms with Gasteiger partial charge in [-0.2, -0.15) is 0 Å². The number of hydrogen-bond acceptors (Lipinski definition) is 3. The first-order valence-electron chi connectivity index (χ1n) is 7.49. The highest BCUT2D eigenvalue weighted by molar-refractivity contribution is 6.31. The molecule has 1 aromatic rings. The molecule has 0 heterocycles. The van der Waals surface area contributed by atoms with Crippen LogP contribution in [-0.2, 0) is 4.74 Å². The van der Waals surface area contributed by atoms with Gasteiger partial charge in [-0.1, -0.05) is 29.8 Å². The molecule has 0 bridgehead atoms. The van der Waals surface area contributed by atoms with Gasteiger partial charge in [0.05, 0.1) is 0 Å². The van der Waals surface area contributed by atoms with Crippen LogP contribution in [0.4, 0.5) is 9.18 Å². The standard InChI is InChI=1S/C17H24ClFN2O2/c1-12(14-8-7-13(19)11-15(14)18)20-9-5-6-10-21-16(22)23-17(2,3)4/h5-8,11-12,20H,9-10H2,1-4H3,(H,21,22)/b6-5+. The summed E-state index contributed by atoms with van der Waals surface area (Å²) in [6.45, 7) is 8.38. The van der Waals surface area contributed by atoms with Gasteiger partial charge in [0.25, 0.3) is 0 Å². The Morgan fingerprint density at radius 2 is 2.00 bits per heavy atom. The number of hydrogen-bond donors (Lipinski definition) is 2. The van der Waals surface area contributed by atoms with Gasteiger partial charge in [-0.15, -0.1) is 0 Å². The van der Waals surface area contributed by atoms with Gasteiger partial charge in [0.2, 0.25) is 0 Å². The molecule has 128 valence electrons. The Bertz CT molecular complexity index is 556. The Morgan fingerprint density at radius 1 is 1.35 bits per heavy atom. The Labute approximate surface area is 142 Å². The third kappa shape index (κ3) is 8.00. The molecule has 0 fully saturated rings. The van der Waals surface area contributed by atoms with Crippen LogP contribution in [0, 0.1) is 5.82 Å². The Balaban J connectivity index is 2.29. The molecule has 0 aromatic heterocycles. The summed E-state index contributed by atoms with van der Waals surface area (Å²) >= 11 is 6.02. The molecular weight excluding hydrogens is 319 g/mol. The number of ether oxygens (including phenoxy) is 1. The van der Waals surface area contributed by atoms with E-state index < -0.39 is 11.7 Å². The minimum Gasteiger partial charge on any atom is -0.444 e. The molecule has 0 aliphatic carbocycles. The molecule has 6 heteroatoms. The molecule has 0 saturated heterocycles. The van der Waals surface area contributed by atoms with Crippen LogP contribution >= 0.6 is 11.6 Å².